The lowest BCUT2D eigenvalue weighted by Gasteiger charge is -2.18. The summed E-state index contributed by atoms with van der Waals surface area (Å²) in [6, 6.07) is 8.98. The number of rotatable bonds is 3. The fraction of sp³-hybridized carbons (Fsp3) is 0.0714. The second kappa shape index (κ2) is 6.02. The minimum Gasteiger partial charge on any atom is -0.453 e. The van der Waals surface area contributed by atoms with E-state index in [0.29, 0.717) is 16.5 Å². The van der Waals surface area contributed by atoms with E-state index in [1.165, 1.54) is 24.0 Å². The van der Waals surface area contributed by atoms with Crippen LogP contribution < -0.4 is 10.1 Å². The van der Waals surface area contributed by atoms with Crippen LogP contribution in [0.2, 0.25) is 0 Å². The molecule has 1 aromatic heterocycles. The van der Waals surface area contributed by atoms with Crippen molar-refractivity contribution in [1.82, 2.24) is 10.3 Å². The van der Waals surface area contributed by atoms with Gasteiger partial charge in [-0.2, -0.15) is 0 Å². The summed E-state index contributed by atoms with van der Waals surface area (Å²) in [5.74, 6) is -0.627. The predicted molar refractivity (Wildman–Crippen MR) is 74.4 cm³/mol. The number of halogens is 1. The Balaban J connectivity index is 1.78. The Kier molecular flexibility index (Phi) is 3.92. The van der Waals surface area contributed by atoms with Crippen LogP contribution in [0.3, 0.4) is 0 Å². The van der Waals surface area contributed by atoms with Crippen molar-refractivity contribution in [3.05, 3.63) is 42.1 Å². The Morgan fingerprint density at radius 3 is 2.95 bits per heavy atom. The van der Waals surface area contributed by atoms with Gasteiger partial charge in [-0.05, 0) is 18.2 Å². The van der Waals surface area contributed by atoms with Gasteiger partial charge in [0.15, 0.2) is 5.75 Å². The minimum atomic E-state index is -1.18. The van der Waals surface area contributed by atoms with Gasteiger partial charge in [-0.15, -0.1) is 0 Å². The Morgan fingerprint density at radius 1 is 1.32 bits per heavy atom. The third-order valence-electron chi connectivity index (χ3n) is 2.84. The number of amides is 1. The molecule has 0 saturated heterocycles. The molecule has 0 atom stereocenters. The molecule has 22 heavy (non-hydrogen) atoms. The number of ether oxygens (including phenoxy) is 1. The summed E-state index contributed by atoms with van der Waals surface area (Å²) in [6.45, 7) is -0.565. The zero-order valence-electron chi connectivity index (χ0n) is 11.0. The highest BCUT2D eigenvalue weighted by molar-refractivity contribution is 7.99. The first-order valence-electron chi connectivity index (χ1n) is 6.22. The van der Waals surface area contributed by atoms with E-state index >= 15 is 0 Å². The third kappa shape index (κ3) is 2.86. The van der Waals surface area contributed by atoms with Crippen LogP contribution in [0.4, 0.5) is 4.53 Å². The number of para-hydroxylation sites is 1. The molecule has 1 aromatic carbocycles. The van der Waals surface area contributed by atoms with Crippen molar-refractivity contribution < 1.29 is 23.8 Å². The molecule has 3 rings (SSSR count). The molecule has 1 aliphatic rings. The maximum Gasteiger partial charge on any atom is 0.367 e. The monoisotopic (exact) mass is 320 g/mol. The molecule has 1 aliphatic heterocycles. The summed E-state index contributed by atoms with van der Waals surface area (Å²) in [6.07, 6.45) is 1.36. The Morgan fingerprint density at radius 2 is 2.14 bits per heavy atom. The lowest BCUT2D eigenvalue weighted by atomic mass is 10.2. The van der Waals surface area contributed by atoms with Crippen molar-refractivity contribution in [2.75, 3.05) is 6.54 Å². The van der Waals surface area contributed by atoms with E-state index in [2.05, 4.69) is 15.2 Å². The lowest BCUT2D eigenvalue weighted by molar-refractivity contribution is -0.182. The van der Waals surface area contributed by atoms with E-state index < -0.39 is 18.4 Å². The van der Waals surface area contributed by atoms with Crippen molar-refractivity contribution in [2.45, 2.75) is 9.92 Å². The van der Waals surface area contributed by atoms with Gasteiger partial charge in [-0.3, -0.25) is 9.74 Å². The lowest BCUT2D eigenvalue weighted by Crippen LogP contribution is -2.29. The van der Waals surface area contributed by atoms with Gasteiger partial charge in [0.25, 0.3) is 5.91 Å². The summed E-state index contributed by atoms with van der Waals surface area (Å²) in [4.78, 5) is 30.6. The van der Waals surface area contributed by atoms with Crippen LogP contribution in [0.5, 0.6) is 11.5 Å². The fourth-order valence-electron chi connectivity index (χ4n) is 1.83. The quantitative estimate of drug-likeness (QED) is 0.799. The van der Waals surface area contributed by atoms with Crippen LogP contribution in [0.25, 0.3) is 0 Å². The number of carbonyl (C=O) groups excluding carboxylic acids is 2. The molecule has 0 aliphatic carbocycles. The highest BCUT2D eigenvalue weighted by Gasteiger charge is 2.20. The van der Waals surface area contributed by atoms with Crippen molar-refractivity contribution in [2.24, 2.45) is 0 Å². The van der Waals surface area contributed by atoms with Crippen LogP contribution in [0, 0.1) is 0 Å². The van der Waals surface area contributed by atoms with Crippen molar-refractivity contribution >= 4 is 23.6 Å². The molecule has 112 valence electrons. The second-order valence-corrected chi connectivity index (χ2v) is 5.34. The highest BCUT2D eigenvalue weighted by atomic mass is 32.2. The van der Waals surface area contributed by atoms with Crippen LogP contribution in [0.1, 0.15) is 10.4 Å². The van der Waals surface area contributed by atoms with Gasteiger partial charge in [-0.25, -0.2) is 9.78 Å². The first-order valence-corrected chi connectivity index (χ1v) is 7.03. The molecule has 0 bridgehead atoms. The normalized spacial score (nSPS) is 11.7. The van der Waals surface area contributed by atoms with E-state index in [9.17, 15) is 14.1 Å². The Hall–Kier alpha value is -2.61. The maximum atomic E-state index is 11.9. The molecule has 8 heteroatoms. The molecular formula is C14H9FN2O4S. The van der Waals surface area contributed by atoms with E-state index in [-0.39, 0.29) is 5.56 Å². The Bertz CT molecular complexity index is 753. The van der Waals surface area contributed by atoms with Crippen LogP contribution in [-0.4, -0.2) is 23.4 Å². The number of fused-ring (bicyclic) bond motifs is 2. The van der Waals surface area contributed by atoms with E-state index in [4.69, 9.17) is 4.74 Å². The third-order valence-corrected chi connectivity index (χ3v) is 3.89. The molecule has 6 nitrogen and oxygen atoms in total. The van der Waals surface area contributed by atoms with Gasteiger partial charge < -0.3 is 10.1 Å². The van der Waals surface area contributed by atoms with Crippen LogP contribution in [-0.2, 0) is 9.74 Å². The van der Waals surface area contributed by atoms with Crippen LogP contribution >= 0.6 is 11.8 Å². The molecule has 2 aromatic rings. The number of hydrogen-bond acceptors (Lipinski definition) is 6. The van der Waals surface area contributed by atoms with Crippen LogP contribution in [0.15, 0.2) is 46.5 Å². The number of nitrogens with one attached hydrogen (secondary N) is 1. The van der Waals surface area contributed by atoms with Gasteiger partial charge in [0, 0.05) is 10.7 Å². The van der Waals surface area contributed by atoms with Crippen molar-refractivity contribution in [3.8, 4) is 11.5 Å². The second-order valence-electron chi connectivity index (χ2n) is 4.31. The summed E-state index contributed by atoms with van der Waals surface area (Å²) >= 11 is 1.43. The maximum absolute atomic E-state index is 11.9. The highest BCUT2D eigenvalue weighted by Crippen LogP contribution is 2.45. The number of carbonyl (C=O) groups is 2. The molecule has 0 radical (unpaired) electrons. The van der Waals surface area contributed by atoms with Gasteiger partial charge in [0.1, 0.15) is 17.3 Å². The molecular weight excluding hydrogens is 311 g/mol. The molecule has 0 spiro atoms. The SMILES string of the molecule is O=C(CNC(=O)c1cnc2c(c1)Oc1ccccc1S2)OF. The average molecular weight is 320 g/mol. The standard InChI is InChI=1S/C14H9FN2O4S/c15-21-12(18)7-16-13(19)8-5-10-14(17-6-8)22-11-4-2-1-3-9(11)20-10/h1-6H,7H2,(H,16,19). The summed E-state index contributed by atoms with van der Waals surface area (Å²) < 4.78 is 17.3. The smallest absolute Gasteiger partial charge is 0.367 e. The van der Waals surface area contributed by atoms with E-state index in [0.717, 1.165) is 4.90 Å². The molecule has 2 heterocycles. The number of nitrogens with zero attached hydrogens (tertiary/aromatic N) is 1. The largest absolute Gasteiger partial charge is 0.453 e. The van der Waals surface area contributed by atoms with Crippen molar-refractivity contribution in [3.63, 3.8) is 0 Å². The summed E-state index contributed by atoms with van der Waals surface area (Å²) in [7, 11) is 0. The predicted octanol–water partition coefficient (Wildman–Crippen LogP) is 2.50. The molecule has 1 amide bonds. The zero-order valence-corrected chi connectivity index (χ0v) is 11.9. The summed E-state index contributed by atoms with van der Waals surface area (Å²) in [5.41, 5.74) is 0.199. The molecule has 0 fully saturated rings. The minimum absolute atomic E-state index is 0.199. The van der Waals surface area contributed by atoms with Crippen molar-refractivity contribution in [1.29, 1.82) is 0 Å². The zero-order chi connectivity index (χ0) is 15.5. The van der Waals surface area contributed by atoms with Gasteiger partial charge in [0.05, 0.1) is 10.5 Å². The van der Waals surface area contributed by atoms with Gasteiger partial charge in [0.2, 0.25) is 0 Å². The molecule has 1 N–H and O–H groups in total. The average Bonchev–Trinajstić information content (AvgIpc) is 2.56. The number of benzene rings is 1. The topological polar surface area (TPSA) is 77.5 Å². The number of pyridine rings is 1. The molecule has 0 unspecified atom stereocenters. The summed E-state index contributed by atoms with van der Waals surface area (Å²) in [5, 5.41) is 2.86. The van der Waals surface area contributed by atoms with Gasteiger partial charge in [-0.1, -0.05) is 23.9 Å². The Labute approximate surface area is 128 Å². The molecule has 0 saturated carbocycles. The first-order chi connectivity index (χ1) is 10.7. The van der Waals surface area contributed by atoms with E-state index in [1.807, 2.05) is 24.3 Å². The number of aromatic nitrogens is 1. The first kappa shape index (κ1) is 14.3. The van der Waals surface area contributed by atoms with E-state index in [1.54, 1.807) is 0 Å². The fourth-order valence-corrected chi connectivity index (χ4v) is 2.70. The van der Waals surface area contributed by atoms with Gasteiger partial charge >= 0.3 is 5.97 Å². The number of hydrogen-bond donors (Lipinski definition) is 1.